The number of hydrogen-bond donors (Lipinski definition) is 1. The van der Waals surface area contributed by atoms with E-state index in [1.54, 1.807) is 9.31 Å². The van der Waals surface area contributed by atoms with Gasteiger partial charge in [-0.25, -0.2) is 9.50 Å². The fourth-order valence-corrected chi connectivity index (χ4v) is 2.22. The summed E-state index contributed by atoms with van der Waals surface area (Å²) < 4.78 is 1.71. The molecule has 0 aromatic carbocycles. The van der Waals surface area contributed by atoms with Gasteiger partial charge in [-0.1, -0.05) is 19.1 Å². The van der Waals surface area contributed by atoms with Crippen molar-refractivity contribution in [1.82, 2.24) is 29.6 Å². The van der Waals surface area contributed by atoms with Crippen LogP contribution in [0, 0.1) is 0 Å². The average Bonchev–Trinajstić information content (AvgIpc) is 3.20. The van der Waals surface area contributed by atoms with E-state index < -0.39 is 0 Å². The molecule has 7 heteroatoms. The zero-order valence-corrected chi connectivity index (χ0v) is 13.2. The molecule has 0 spiro atoms. The van der Waals surface area contributed by atoms with Gasteiger partial charge in [0.05, 0.1) is 12.2 Å². The van der Waals surface area contributed by atoms with Gasteiger partial charge in [0, 0.05) is 11.8 Å². The van der Waals surface area contributed by atoms with E-state index in [-0.39, 0.29) is 0 Å². The Morgan fingerprint density at radius 1 is 1.26 bits per heavy atom. The molecule has 0 saturated carbocycles. The van der Waals surface area contributed by atoms with Crippen LogP contribution in [-0.2, 0) is 6.54 Å². The number of pyridine rings is 1. The second-order valence-corrected chi connectivity index (χ2v) is 5.02. The van der Waals surface area contributed by atoms with Crippen LogP contribution in [-0.4, -0.2) is 29.6 Å². The molecule has 0 saturated heterocycles. The van der Waals surface area contributed by atoms with Crippen molar-refractivity contribution in [2.24, 2.45) is 5.73 Å². The summed E-state index contributed by atoms with van der Waals surface area (Å²) in [6.45, 7) is 4.74. The maximum atomic E-state index is 6.19. The van der Waals surface area contributed by atoms with E-state index in [1.807, 2.05) is 43.5 Å². The minimum absolute atomic E-state index is 0.586. The normalized spacial score (nSPS) is 12.5. The lowest BCUT2D eigenvalue weighted by molar-refractivity contribution is 0.569. The molecule has 7 nitrogen and oxygen atoms in total. The van der Waals surface area contributed by atoms with Crippen molar-refractivity contribution in [3.8, 4) is 11.3 Å². The first-order valence-corrected chi connectivity index (χ1v) is 7.60. The first-order chi connectivity index (χ1) is 11.2. The second-order valence-electron chi connectivity index (χ2n) is 5.02. The summed E-state index contributed by atoms with van der Waals surface area (Å²) in [5.41, 5.74) is 9.87. The fraction of sp³-hybridized carbons (Fsp3) is 0.250. The number of hydrogen-bond acceptors (Lipinski definition) is 5. The maximum absolute atomic E-state index is 6.19. The van der Waals surface area contributed by atoms with Crippen LogP contribution < -0.4 is 5.73 Å². The van der Waals surface area contributed by atoms with Crippen molar-refractivity contribution < 1.29 is 0 Å². The third-order valence-corrected chi connectivity index (χ3v) is 3.41. The van der Waals surface area contributed by atoms with E-state index in [2.05, 4.69) is 27.2 Å². The summed E-state index contributed by atoms with van der Waals surface area (Å²) in [7, 11) is 0. The number of rotatable bonds is 5. The molecule has 0 aliphatic carbocycles. The molecule has 3 rings (SSSR count). The van der Waals surface area contributed by atoms with E-state index >= 15 is 0 Å². The van der Waals surface area contributed by atoms with Crippen LogP contribution in [0.15, 0.2) is 42.9 Å². The first-order valence-electron chi connectivity index (χ1n) is 7.60. The molecule has 0 fully saturated rings. The van der Waals surface area contributed by atoms with Crippen LogP contribution in [0.1, 0.15) is 26.0 Å². The van der Waals surface area contributed by atoms with E-state index in [1.165, 1.54) is 6.33 Å². The topological polar surface area (TPSA) is 86.9 Å². The maximum Gasteiger partial charge on any atom is 0.155 e. The molecule has 3 aromatic heterocycles. The van der Waals surface area contributed by atoms with Crippen LogP contribution in [0.4, 0.5) is 0 Å². The number of aromatic nitrogens is 6. The Bertz CT molecular complexity index is 870. The highest BCUT2D eigenvalue weighted by Crippen LogP contribution is 2.24. The molecular weight excluding hydrogens is 290 g/mol. The highest BCUT2D eigenvalue weighted by Gasteiger charge is 2.15. The van der Waals surface area contributed by atoms with Crippen molar-refractivity contribution in [3.05, 3.63) is 48.6 Å². The van der Waals surface area contributed by atoms with Gasteiger partial charge in [-0.15, -0.1) is 0 Å². The van der Waals surface area contributed by atoms with Gasteiger partial charge in [0.15, 0.2) is 5.65 Å². The van der Waals surface area contributed by atoms with Crippen LogP contribution >= 0.6 is 0 Å². The van der Waals surface area contributed by atoms with Crippen LogP contribution in [0.5, 0.6) is 0 Å². The molecular formula is C16H19N7. The molecule has 23 heavy (non-hydrogen) atoms. The van der Waals surface area contributed by atoms with Crippen LogP contribution in [0.25, 0.3) is 22.6 Å². The van der Waals surface area contributed by atoms with Gasteiger partial charge in [0.25, 0.3) is 0 Å². The van der Waals surface area contributed by atoms with Gasteiger partial charge in [-0.3, -0.25) is 0 Å². The predicted molar refractivity (Wildman–Crippen MR) is 89.3 cm³/mol. The minimum atomic E-state index is 0.586. The molecule has 0 bridgehead atoms. The third kappa shape index (κ3) is 2.98. The predicted octanol–water partition coefficient (Wildman–Crippen LogP) is 2.27. The molecule has 0 atom stereocenters. The fourth-order valence-electron chi connectivity index (χ4n) is 2.22. The largest absolute Gasteiger partial charge is 0.397 e. The Morgan fingerprint density at radius 3 is 2.91 bits per heavy atom. The van der Waals surface area contributed by atoms with Crippen molar-refractivity contribution in [2.45, 2.75) is 26.8 Å². The Kier molecular flexibility index (Phi) is 4.18. The van der Waals surface area contributed by atoms with Gasteiger partial charge in [-0.05, 0) is 31.6 Å². The highest BCUT2D eigenvalue weighted by atomic mass is 15.5. The summed E-state index contributed by atoms with van der Waals surface area (Å²) in [4.78, 5) is 5.79. The van der Waals surface area contributed by atoms with Crippen molar-refractivity contribution in [3.63, 3.8) is 0 Å². The van der Waals surface area contributed by atoms with E-state index in [0.29, 0.717) is 17.9 Å². The SMILES string of the molecule is CC/C=C\C=C(/N)c1nn(CC)nc1-c1ccc2ncnn2c1. The highest BCUT2D eigenvalue weighted by molar-refractivity contribution is 5.75. The molecule has 118 valence electrons. The molecule has 3 aromatic rings. The molecule has 0 aliphatic heterocycles. The van der Waals surface area contributed by atoms with Gasteiger partial charge >= 0.3 is 0 Å². The lowest BCUT2D eigenvalue weighted by Gasteiger charge is -2.01. The standard InChI is InChI=1S/C16H19N7/c1-3-5-6-7-13(17)16-15(20-23(4-2)21-16)12-8-9-14-18-11-19-22(14)10-12/h5-11H,3-4,17H2,1-2H3/b6-5-,13-7-. The Hall–Kier alpha value is -2.96. The second kappa shape index (κ2) is 6.43. The monoisotopic (exact) mass is 309 g/mol. The Morgan fingerprint density at radius 2 is 2.13 bits per heavy atom. The Balaban J connectivity index is 2.08. The summed E-state index contributed by atoms with van der Waals surface area (Å²) in [6.07, 6.45) is 10.2. The van der Waals surface area contributed by atoms with Crippen LogP contribution in [0.2, 0.25) is 0 Å². The summed E-state index contributed by atoms with van der Waals surface area (Å²) in [5, 5.41) is 13.2. The Labute approximate surface area is 134 Å². The minimum Gasteiger partial charge on any atom is -0.397 e. The van der Waals surface area contributed by atoms with Crippen molar-refractivity contribution in [2.75, 3.05) is 0 Å². The van der Waals surface area contributed by atoms with Gasteiger partial charge in [0.2, 0.25) is 0 Å². The number of allylic oxidation sites excluding steroid dienone is 3. The number of nitrogens with two attached hydrogens (primary N) is 1. The van der Waals surface area contributed by atoms with E-state index in [9.17, 15) is 0 Å². The first kappa shape index (κ1) is 15.0. The smallest absolute Gasteiger partial charge is 0.155 e. The molecule has 0 aliphatic rings. The van der Waals surface area contributed by atoms with Crippen molar-refractivity contribution >= 4 is 11.3 Å². The van der Waals surface area contributed by atoms with Gasteiger partial charge < -0.3 is 5.73 Å². The lowest BCUT2D eigenvalue weighted by atomic mass is 10.1. The lowest BCUT2D eigenvalue weighted by Crippen LogP contribution is -2.01. The number of nitrogens with zero attached hydrogens (tertiary/aromatic N) is 6. The van der Waals surface area contributed by atoms with Gasteiger partial charge in [-0.2, -0.15) is 20.1 Å². The molecule has 3 heterocycles. The molecule has 0 radical (unpaired) electrons. The summed E-state index contributed by atoms with van der Waals surface area (Å²) in [6, 6.07) is 3.85. The number of fused-ring (bicyclic) bond motifs is 1. The van der Waals surface area contributed by atoms with Crippen LogP contribution in [0.3, 0.4) is 0 Å². The molecule has 0 unspecified atom stereocenters. The average molecular weight is 309 g/mol. The zero-order valence-electron chi connectivity index (χ0n) is 13.2. The van der Waals surface area contributed by atoms with E-state index in [0.717, 1.165) is 23.3 Å². The zero-order chi connectivity index (χ0) is 16.2. The van der Waals surface area contributed by atoms with Crippen molar-refractivity contribution in [1.29, 1.82) is 0 Å². The molecule has 2 N–H and O–H groups in total. The summed E-state index contributed by atoms with van der Waals surface area (Å²) in [5.74, 6) is 0. The number of aryl methyl sites for hydroxylation is 1. The molecule has 0 amide bonds. The van der Waals surface area contributed by atoms with E-state index in [4.69, 9.17) is 5.73 Å². The van der Waals surface area contributed by atoms with Gasteiger partial charge in [0.1, 0.15) is 17.7 Å². The summed E-state index contributed by atoms with van der Waals surface area (Å²) >= 11 is 0. The third-order valence-electron chi connectivity index (χ3n) is 3.41. The quantitative estimate of drug-likeness (QED) is 0.731.